The normalized spacial score (nSPS) is 17.8. The number of amides is 1. The second-order valence-corrected chi connectivity index (χ2v) is 8.15. The van der Waals surface area contributed by atoms with Crippen molar-refractivity contribution in [2.24, 2.45) is 16.1 Å². The average molecular weight is 412 g/mol. The van der Waals surface area contributed by atoms with Gasteiger partial charge in [0.2, 0.25) is 5.91 Å². The molecule has 1 amide bonds. The zero-order chi connectivity index (χ0) is 21.4. The van der Waals surface area contributed by atoms with E-state index < -0.39 is 5.41 Å². The number of unbranched alkanes of at least 4 members (excludes halogenated alkanes) is 1. The monoisotopic (exact) mass is 412 g/mol. The van der Waals surface area contributed by atoms with Crippen LogP contribution in [0.1, 0.15) is 19.3 Å². The largest absolute Gasteiger partial charge is 0.382 e. The van der Waals surface area contributed by atoms with Gasteiger partial charge in [-0.2, -0.15) is 0 Å². The summed E-state index contributed by atoms with van der Waals surface area (Å²) in [4.78, 5) is 25.9. The summed E-state index contributed by atoms with van der Waals surface area (Å²) in [6, 6.07) is 15.8. The Morgan fingerprint density at radius 3 is 2.77 bits per heavy atom. The van der Waals surface area contributed by atoms with Crippen molar-refractivity contribution >= 4 is 39.7 Å². The maximum Gasteiger partial charge on any atom is 0.229 e. The lowest BCUT2D eigenvalue weighted by Gasteiger charge is -2.27. The molecule has 0 saturated heterocycles. The molecule has 1 aliphatic heterocycles. The van der Waals surface area contributed by atoms with Crippen molar-refractivity contribution in [3.05, 3.63) is 65.4 Å². The topological polar surface area (TPSA) is 112 Å². The van der Waals surface area contributed by atoms with Crippen molar-refractivity contribution in [3.63, 3.8) is 0 Å². The summed E-state index contributed by atoms with van der Waals surface area (Å²) in [7, 11) is 0. The highest BCUT2D eigenvalue weighted by Gasteiger charge is 2.34. The Hall–Kier alpha value is -3.74. The number of carbonyl (C=O) groups excluding carboxylic acids is 1. The fourth-order valence-corrected chi connectivity index (χ4v) is 4.44. The van der Waals surface area contributed by atoms with Gasteiger partial charge in [-0.25, -0.2) is 9.97 Å². The highest BCUT2D eigenvalue weighted by molar-refractivity contribution is 6.06. The summed E-state index contributed by atoms with van der Waals surface area (Å²) in [5, 5.41) is 2.93. The van der Waals surface area contributed by atoms with Crippen molar-refractivity contribution in [3.8, 4) is 0 Å². The number of rotatable bonds is 6. The van der Waals surface area contributed by atoms with E-state index in [0.29, 0.717) is 18.8 Å². The van der Waals surface area contributed by atoms with Gasteiger partial charge in [0.05, 0.1) is 34.7 Å². The molecule has 0 bridgehead atoms. The number of aryl methyl sites for hydroxylation is 1. The van der Waals surface area contributed by atoms with Crippen LogP contribution in [0.5, 0.6) is 0 Å². The highest BCUT2D eigenvalue weighted by Crippen LogP contribution is 2.30. The predicted molar refractivity (Wildman–Crippen MR) is 121 cm³/mol. The Morgan fingerprint density at radius 2 is 1.90 bits per heavy atom. The number of primary amides is 1. The van der Waals surface area contributed by atoms with Gasteiger partial charge in [-0.05, 0) is 30.2 Å². The van der Waals surface area contributed by atoms with Gasteiger partial charge < -0.3 is 16.0 Å². The van der Waals surface area contributed by atoms with Crippen LogP contribution in [-0.4, -0.2) is 27.0 Å². The number of pyridine rings is 1. The molecule has 3 heterocycles. The van der Waals surface area contributed by atoms with Gasteiger partial charge in [0.15, 0.2) is 5.82 Å². The first-order valence-electron chi connectivity index (χ1n) is 10.5. The molecule has 7 nitrogen and oxygen atoms in total. The maximum absolute atomic E-state index is 12.4. The molecule has 2 aromatic carbocycles. The number of hydrogen-bond donors (Lipinski definition) is 2. The van der Waals surface area contributed by atoms with Crippen LogP contribution in [0.15, 0.2) is 59.9 Å². The quantitative estimate of drug-likeness (QED) is 0.471. The van der Waals surface area contributed by atoms with Gasteiger partial charge >= 0.3 is 0 Å². The van der Waals surface area contributed by atoms with Gasteiger partial charge in [0.25, 0.3) is 0 Å². The summed E-state index contributed by atoms with van der Waals surface area (Å²) >= 11 is 0. The van der Waals surface area contributed by atoms with Crippen LogP contribution < -0.4 is 22.0 Å². The number of aromatic nitrogens is 3. The van der Waals surface area contributed by atoms with Crippen LogP contribution in [0.2, 0.25) is 0 Å². The van der Waals surface area contributed by atoms with Gasteiger partial charge in [-0.3, -0.25) is 9.79 Å². The summed E-state index contributed by atoms with van der Waals surface area (Å²) in [6.45, 7) is 1.17. The van der Waals surface area contributed by atoms with Crippen LogP contribution in [0.3, 0.4) is 0 Å². The van der Waals surface area contributed by atoms with E-state index in [1.807, 2.05) is 60.9 Å². The van der Waals surface area contributed by atoms with Crippen LogP contribution in [-0.2, 0) is 11.3 Å². The number of anilines is 1. The molecule has 7 heteroatoms. The minimum atomic E-state index is -0.730. The second kappa shape index (κ2) is 7.50. The van der Waals surface area contributed by atoms with Crippen LogP contribution in [0.25, 0.3) is 28.0 Å². The van der Waals surface area contributed by atoms with Gasteiger partial charge in [-0.15, -0.1) is 0 Å². The number of fused-ring (bicyclic) bond motifs is 4. The molecule has 0 radical (unpaired) electrons. The number of nitrogens with two attached hydrogens (primary N) is 2. The summed E-state index contributed by atoms with van der Waals surface area (Å²) in [6.07, 6.45) is 6.21. The van der Waals surface area contributed by atoms with E-state index in [0.717, 1.165) is 51.9 Å². The third-order valence-corrected chi connectivity index (χ3v) is 6.14. The highest BCUT2D eigenvalue weighted by atomic mass is 16.1. The lowest BCUT2D eigenvalue weighted by Crippen LogP contribution is -2.45. The predicted octanol–water partition coefficient (Wildman–Crippen LogP) is 1.92. The van der Waals surface area contributed by atoms with E-state index in [-0.39, 0.29) is 5.91 Å². The lowest BCUT2D eigenvalue weighted by molar-refractivity contribution is -0.124. The first-order valence-corrected chi connectivity index (χ1v) is 10.5. The molecule has 2 aromatic heterocycles. The van der Waals surface area contributed by atoms with E-state index in [4.69, 9.17) is 11.5 Å². The minimum absolute atomic E-state index is 0.316. The molecule has 5 rings (SSSR count). The van der Waals surface area contributed by atoms with E-state index in [9.17, 15) is 4.79 Å². The molecule has 1 unspecified atom stereocenters. The van der Waals surface area contributed by atoms with Gasteiger partial charge in [0.1, 0.15) is 5.52 Å². The molecular weight excluding hydrogens is 388 g/mol. The molecular formula is C24H24N6O. The molecule has 0 aliphatic carbocycles. The van der Waals surface area contributed by atoms with Crippen molar-refractivity contribution in [1.82, 2.24) is 14.5 Å². The smallest absolute Gasteiger partial charge is 0.229 e. The number of nitrogens with zero attached hydrogens (tertiary/aromatic N) is 4. The number of hydrogen-bond acceptors (Lipinski definition) is 5. The third kappa shape index (κ3) is 3.32. The Balaban J connectivity index is 1.36. The SMILES string of the molecule is NC(=O)C1(CCCCn2cnc3c(N)nc4ccccc4c32)C=c2ccccc2=NC1. The zero-order valence-electron chi connectivity index (χ0n) is 17.2. The van der Waals surface area contributed by atoms with Gasteiger partial charge in [-0.1, -0.05) is 48.9 Å². The molecule has 4 N–H and O–H groups in total. The summed E-state index contributed by atoms with van der Waals surface area (Å²) in [5.41, 5.74) is 13.8. The number of para-hydroxylation sites is 2. The molecule has 0 spiro atoms. The van der Waals surface area contributed by atoms with E-state index >= 15 is 0 Å². The van der Waals surface area contributed by atoms with E-state index in [1.165, 1.54) is 0 Å². The second-order valence-electron chi connectivity index (χ2n) is 8.15. The van der Waals surface area contributed by atoms with Crippen LogP contribution in [0.4, 0.5) is 5.82 Å². The molecule has 1 atom stereocenters. The van der Waals surface area contributed by atoms with Crippen molar-refractivity contribution < 1.29 is 4.79 Å². The number of carbonyl (C=O) groups is 1. The number of nitrogen functional groups attached to an aromatic ring is 1. The summed E-state index contributed by atoms with van der Waals surface area (Å²) < 4.78 is 2.12. The molecule has 0 fully saturated rings. The summed E-state index contributed by atoms with van der Waals surface area (Å²) in [5.74, 6) is 0.126. The molecule has 4 aromatic rings. The van der Waals surface area contributed by atoms with Crippen LogP contribution in [0, 0.1) is 5.41 Å². The molecule has 0 saturated carbocycles. The maximum atomic E-state index is 12.4. The van der Waals surface area contributed by atoms with Crippen molar-refractivity contribution in [2.45, 2.75) is 25.8 Å². The first-order chi connectivity index (χ1) is 15.1. The number of benzene rings is 2. The van der Waals surface area contributed by atoms with Crippen molar-refractivity contribution in [2.75, 3.05) is 12.3 Å². The standard InChI is InChI=1S/C24H24N6O/c25-22-20-21(17-8-2-4-10-19(17)29-22)30(15-28-20)12-6-5-11-24(23(26)31)13-16-7-1-3-9-18(16)27-14-24/h1-4,7-10,13,15H,5-6,11-12,14H2,(H2,25,29)(H2,26,31). The van der Waals surface area contributed by atoms with Crippen LogP contribution >= 0.6 is 0 Å². The first kappa shape index (κ1) is 19.2. The fraction of sp³-hybridized carbons (Fsp3) is 0.250. The molecule has 1 aliphatic rings. The molecule has 31 heavy (non-hydrogen) atoms. The molecule has 156 valence electrons. The van der Waals surface area contributed by atoms with E-state index in [1.54, 1.807) is 0 Å². The Labute approximate surface area is 179 Å². The van der Waals surface area contributed by atoms with E-state index in [2.05, 4.69) is 19.5 Å². The Kier molecular flexibility index (Phi) is 4.66. The fourth-order valence-electron chi connectivity index (χ4n) is 4.44. The Morgan fingerprint density at radius 1 is 1.10 bits per heavy atom. The minimum Gasteiger partial charge on any atom is -0.382 e. The van der Waals surface area contributed by atoms with Gasteiger partial charge in [0, 0.05) is 11.9 Å². The lowest BCUT2D eigenvalue weighted by atomic mass is 9.80. The number of imidazole rings is 1. The third-order valence-electron chi connectivity index (χ3n) is 6.14. The Bertz CT molecular complexity index is 1420. The zero-order valence-corrected chi connectivity index (χ0v) is 17.2. The van der Waals surface area contributed by atoms with Crippen molar-refractivity contribution in [1.29, 1.82) is 0 Å². The average Bonchev–Trinajstić information content (AvgIpc) is 3.21.